The van der Waals surface area contributed by atoms with Crippen molar-refractivity contribution in [2.45, 2.75) is 19.6 Å². The molecule has 1 aliphatic rings. The summed E-state index contributed by atoms with van der Waals surface area (Å²) in [5.41, 5.74) is 0.295. The van der Waals surface area contributed by atoms with Gasteiger partial charge in [0.2, 0.25) is 0 Å². The van der Waals surface area contributed by atoms with E-state index in [1.165, 1.54) is 12.1 Å². The lowest BCUT2D eigenvalue weighted by Crippen LogP contribution is -2.49. The molecule has 2 rings (SSSR count). The standard InChI is InChI=1S/C12H16FNO.ClH/c1-9-7-14-12(2,15-8-9)10-4-3-5-11(13)6-10;/h3-6,9,14H,7-8H2,1-2H3;1H. The molecule has 0 amide bonds. The van der Waals surface area contributed by atoms with Gasteiger partial charge in [0.05, 0.1) is 6.61 Å². The maximum atomic E-state index is 13.1. The molecule has 1 heterocycles. The van der Waals surface area contributed by atoms with Gasteiger partial charge in [-0.25, -0.2) is 4.39 Å². The normalized spacial score (nSPS) is 29.6. The Hall–Kier alpha value is -0.640. The Morgan fingerprint density at radius 2 is 2.25 bits per heavy atom. The molecule has 4 heteroatoms. The topological polar surface area (TPSA) is 21.3 Å². The highest BCUT2D eigenvalue weighted by Gasteiger charge is 2.31. The van der Waals surface area contributed by atoms with Crippen molar-refractivity contribution in [1.29, 1.82) is 0 Å². The highest BCUT2D eigenvalue weighted by Crippen LogP contribution is 2.26. The maximum absolute atomic E-state index is 13.1. The Balaban J connectivity index is 0.00000128. The molecule has 2 unspecified atom stereocenters. The lowest BCUT2D eigenvalue weighted by molar-refractivity contribution is -0.106. The summed E-state index contributed by atoms with van der Waals surface area (Å²) < 4.78 is 18.8. The van der Waals surface area contributed by atoms with Crippen LogP contribution in [0.25, 0.3) is 0 Å². The van der Waals surface area contributed by atoms with E-state index in [-0.39, 0.29) is 18.2 Å². The predicted molar refractivity (Wildman–Crippen MR) is 64.1 cm³/mol. The lowest BCUT2D eigenvalue weighted by atomic mass is 10.0. The van der Waals surface area contributed by atoms with E-state index in [1.807, 2.05) is 13.0 Å². The van der Waals surface area contributed by atoms with Crippen molar-refractivity contribution in [2.75, 3.05) is 13.2 Å². The lowest BCUT2D eigenvalue weighted by Gasteiger charge is -2.38. The smallest absolute Gasteiger partial charge is 0.142 e. The van der Waals surface area contributed by atoms with Gasteiger partial charge in [0.1, 0.15) is 11.5 Å². The summed E-state index contributed by atoms with van der Waals surface area (Å²) >= 11 is 0. The minimum atomic E-state index is -0.547. The number of rotatable bonds is 1. The molecule has 1 fully saturated rings. The molecule has 1 saturated heterocycles. The fourth-order valence-electron chi connectivity index (χ4n) is 1.76. The minimum Gasteiger partial charge on any atom is -0.356 e. The Labute approximate surface area is 102 Å². The fourth-order valence-corrected chi connectivity index (χ4v) is 1.76. The molecule has 16 heavy (non-hydrogen) atoms. The third-order valence-corrected chi connectivity index (χ3v) is 2.82. The summed E-state index contributed by atoms with van der Waals surface area (Å²) in [5.74, 6) is 0.282. The molecule has 0 bridgehead atoms. The molecule has 1 aliphatic heterocycles. The number of nitrogens with one attached hydrogen (secondary N) is 1. The second-order valence-corrected chi connectivity index (χ2v) is 4.34. The summed E-state index contributed by atoms with van der Waals surface area (Å²) in [6.07, 6.45) is 0. The van der Waals surface area contributed by atoms with E-state index in [2.05, 4.69) is 12.2 Å². The number of halogens is 2. The fraction of sp³-hybridized carbons (Fsp3) is 0.500. The van der Waals surface area contributed by atoms with Crippen LogP contribution in [-0.4, -0.2) is 13.2 Å². The van der Waals surface area contributed by atoms with E-state index in [9.17, 15) is 4.39 Å². The molecule has 0 radical (unpaired) electrons. The van der Waals surface area contributed by atoms with E-state index in [0.29, 0.717) is 12.5 Å². The van der Waals surface area contributed by atoms with Gasteiger partial charge in [-0.1, -0.05) is 19.1 Å². The van der Waals surface area contributed by atoms with Gasteiger partial charge in [0, 0.05) is 12.1 Å². The van der Waals surface area contributed by atoms with Crippen LogP contribution in [0.3, 0.4) is 0 Å². The predicted octanol–water partition coefficient (Wildman–Crippen LogP) is 2.68. The Morgan fingerprint density at radius 3 is 2.81 bits per heavy atom. The quantitative estimate of drug-likeness (QED) is 0.822. The molecule has 2 nitrogen and oxygen atoms in total. The molecule has 0 aromatic heterocycles. The van der Waals surface area contributed by atoms with Gasteiger partial charge in [-0.05, 0) is 25.0 Å². The summed E-state index contributed by atoms with van der Waals surface area (Å²) in [6.45, 7) is 5.67. The van der Waals surface area contributed by atoms with Crippen LogP contribution in [0, 0.1) is 11.7 Å². The molecule has 1 aromatic rings. The molecule has 1 N–H and O–H groups in total. The van der Waals surface area contributed by atoms with Crippen molar-refractivity contribution in [3.8, 4) is 0 Å². The third-order valence-electron chi connectivity index (χ3n) is 2.82. The number of benzene rings is 1. The van der Waals surface area contributed by atoms with Crippen LogP contribution < -0.4 is 5.32 Å². The molecule has 0 saturated carbocycles. The van der Waals surface area contributed by atoms with Gasteiger partial charge in [0.15, 0.2) is 0 Å². The first kappa shape index (κ1) is 13.4. The zero-order valence-electron chi connectivity index (χ0n) is 9.50. The average molecular weight is 246 g/mol. The van der Waals surface area contributed by atoms with Crippen molar-refractivity contribution in [1.82, 2.24) is 5.32 Å². The van der Waals surface area contributed by atoms with Crippen LogP contribution >= 0.6 is 12.4 Å². The second-order valence-electron chi connectivity index (χ2n) is 4.34. The molecular weight excluding hydrogens is 229 g/mol. The van der Waals surface area contributed by atoms with Gasteiger partial charge in [-0.2, -0.15) is 0 Å². The van der Waals surface area contributed by atoms with Crippen molar-refractivity contribution in [2.24, 2.45) is 5.92 Å². The Morgan fingerprint density at radius 1 is 1.50 bits per heavy atom. The largest absolute Gasteiger partial charge is 0.356 e. The molecule has 90 valence electrons. The van der Waals surface area contributed by atoms with Crippen molar-refractivity contribution in [3.63, 3.8) is 0 Å². The van der Waals surface area contributed by atoms with Crippen LogP contribution in [-0.2, 0) is 10.5 Å². The highest BCUT2D eigenvalue weighted by molar-refractivity contribution is 5.85. The van der Waals surface area contributed by atoms with Gasteiger partial charge in [-0.15, -0.1) is 12.4 Å². The van der Waals surface area contributed by atoms with Gasteiger partial charge >= 0.3 is 0 Å². The van der Waals surface area contributed by atoms with Crippen LogP contribution in [0.5, 0.6) is 0 Å². The van der Waals surface area contributed by atoms with E-state index >= 15 is 0 Å². The SMILES string of the molecule is CC1CNC(C)(c2cccc(F)c2)OC1.Cl. The zero-order valence-corrected chi connectivity index (χ0v) is 10.3. The average Bonchev–Trinajstić information content (AvgIpc) is 2.23. The molecule has 2 atom stereocenters. The molecule has 1 aromatic carbocycles. The van der Waals surface area contributed by atoms with E-state index in [1.54, 1.807) is 6.07 Å². The summed E-state index contributed by atoms with van der Waals surface area (Å²) in [7, 11) is 0. The van der Waals surface area contributed by atoms with Crippen LogP contribution in [0.2, 0.25) is 0 Å². The van der Waals surface area contributed by atoms with Crippen LogP contribution in [0.1, 0.15) is 19.4 Å². The first-order chi connectivity index (χ1) is 7.10. The Bertz CT molecular complexity index is 351. The van der Waals surface area contributed by atoms with E-state index in [4.69, 9.17) is 4.74 Å². The monoisotopic (exact) mass is 245 g/mol. The number of hydrogen-bond acceptors (Lipinski definition) is 2. The van der Waals surface area contributed by atoms with Crippen molar-refractivity contribution in [3.05, 3.63) is 35.6 Å². The van der Waals surface area contributed by atoms with Crippen LogP contribution in [0.4, 0.5) is 4.39 Å². The molecular formula is C12H17ClFNO. The zero-order chi connectivity index (χ0) is 10.9. The maximum Gasteiger partial charge on any atom is 0.142 e. The molecule has 0 spiro atoms. The first-order valence-electron chi connectivity index (χ1n) is 5.25. The Kier molecular flexibility index (Phi) is 4.30. The summed E-state index contributed by atoms with van der Waals surface area (Å²) in [5, 5.41) is 3.30. The summed E-state index contributed by atoms with van der Waals surface area (Å²) in [6, 6.07) is 6.55. The first-order valence-corrected chi connectivity index (χ1v) is 5.25. The van der Waals surface area contributed by atoms with Gasteiger partial charge < -0.3 is 4.74 Å². The van der Waals surface area contributed by atoms with E-state index < -0.39 is 5.72 Å². The second kappa shape index (κ2) is 5.13. The van der Waals surface area contributed by atoms with Crippen molar-refractivity contribution >= 4 is 12.4 Å². The number of hydrogen-bond donors (Lipinski definition) is 1. The van der Waals surface area contributed by atoms with Crippen LogP contribution in [0.15, 0.2) is 24.3 Å². The van der Waals surface area contributed by atoms with Crippen molar-refractivity contribution < 1.29 is 9.13 Å². The minimum absolute atomic E-state index is 0. The molecule has 0 aliphatic carbocycles. The van der Waals surface area contributed by atoms with Gasteiger partial charge in [-0.3, -0.25) is 5.32 Å². The summed E-state index contributed by atoms with van der Waals surface area (Å²) in [4.78, 5) is 0. The van der Waals surface area contributed by atoms with Gasteiger partial charge in [0.25, 0.3) is 0 Å². The van der Waals surface area contributed by atoms with E-state index in [0.717, 1.165) is 12.1 Å². The highest BCUT2D eigenvalue weighted by atomic mass is 35.5. The third kappa shape index (κ3) is 2.73. The number of ether oxygens (including phenoxy) is 1.